The Kier molecular flexibility index (Phi) is 8.36. The molecular formula is C22H19F9N4O4S. The van der Waals surface area contributed by atoms with E-state index in [-0.39, 0.29) is 55.4 Å². The number of nitrogens with one attached hydrogen (secondary N) is 2. The molecule has 0 bridgehead atoms. The fraction of sp³-hybridized carbons (Fsp3) is 0.364. The van der Waals surface area contributed by atoms with Gasteiger partial charge in [0.15, 0.2) is 0 Å². The zero-order chi connectivity index (χ0) is 30.3. The Morgan fingerprint density at radius 3 is 1.75 bits per heavy atom. The van der Waals surface area contributed by atoms with Crippen molar-refractivity contribution < 1.29 is 57.5 Å². The molecule has 1 heterocycles. The van der Waals surface area contributed by atoms with E-state index >= 15 is 0 Å². The molecule has 0 saturated carbocycles. The summed E-state index contributed by atoms with van der Waals surface area (Å²) in [5.41, 5.74) is -1.02. The largest absolute Gasteiger partial charge is 0.416 e. The summed E-state index contributed by atoms with van der Waals surface area (Å²) >= 11 is 0. The highest BCUT2D eigenvalue weighted by atomic mass is 32.2. The molecule has 40 heavy (non-hydrogen) atoms. The summed E-state index contributed by atoms with van der Waals surface area (Å²) in [4.78, 5) is 25.4. The molecule has 220 valence electrons. The molecule has 0 unspecified atom stereocenters. The highest BCUT2D eigenvalue weighted by Gasteiger charge is 2.38. The minimum Gasteiger partial charge on any atom is -0.371 e. The minimum absolute atomic E-state index is 0.0595. The summed E-state index contributed by atoms with van der Waals surface area (Å²) in [6, 6.07) is 1.25. The molecule has 0 spiro atoms. The van der Waals surface area contributed by atoms with E-state index in [0.29, 0.717) is 6.07 Å². The van der Waals surface area contributed by atoms with Gasteiger partial charge in [-0.25, -0.2) is 4.72 Å². The predicted molar refractivity (Wildman–Crippen MR) is 121 cm³/mol. The number of benzene rings is 2. The molecule has 0 aromatic heterocycles. The van der Waals surface area contributed by atoms with E-state index in [1.54, 1.807) is 0 Å². The molecule has 1 saturated heterocycles. The topological polar surface area (TPSA) is 122 Å². The smallest absolute Gasteiger partial charge is 0.371 e. The highest BCUT2D eigenvalue weighted by molar-refractivity contribution is 7.88. The number of alkyl halides is 9. The molecule has 3 rings (SSSR count). The molecule has 0 radical (unpaired) electrons. The number of piperidine rings is 1. The number of halogens is 9. The summed E-state index contributed by atoms with van der Waals surface area (Å²) < 4.78 is 146. The fourth-order valence-electron chi connectivity index (χ4n) is 3.93. The number of nitrogens with zero attached hydrogens (tertiary/aromatic N) is 1. The van der Waals surface area contributed by atoms with Gasteiger partial charge in [-0.05, 0) is 49.2 Å². The van der Waals surface area contributed by atoms with Crippen LogP contribution in [0.15, 0.2) is 36.4 Å². The zero-order valence-electron chi connectivity index (χ0n) is 19.8. The van der Waals surface area contributed by atoms with E-state index < -0.39 is 68.8 Å². The van der Waals surface area contributed by atoms with Crippen LogP contribution in [0.5, 0.6) is 0 Å². The van der Waals surface area contributed by atoms with Crippen molar-refractivity contribution in [3.63, 3.8) is 0 Å². The van der Waals surface area contributed by atoms with E-state index in [0.717, 1.165) is 12.1 Å². The van der Waals surface area contributed by atoms with E-state index in [4.69, 9.17) is 5.73 Å². The van der Waals surface area contributed by atoms with Crippen molar-refractivity contribution >= 4 is 27.7 Å². The highest BCUT2D eigenvalue weighted by Crippen LogP contribution is 2.37. The van der Waals surface area contributed by atoms with Crippen LogP contribution in [0.3, 0.4) is 0 Å². The van der Waals surface area contributed by atoms with Gasteiger partial charge in [0.1, 0.15) is 0 Å². The summed E-state index contributed by atoms with van der Waals surface area (Å²) in [6.07, 6.45) is -15.4. The van der Waals surface area contributed by atoms with Crippen LogP contribution < -0.4 is 20.1 Å². The Hall–Kier alpha value is -3.54. The SMILES string of the molecule is NC(=O)c1ccc(C(F)(F)F)cc1N1CCC(NS(=O)(=O)NC(=O)c2cc(C(F)(F)F)cc(C(F)(F)F)c2)CC1. The molecule has 2 aromatic rings. The van der Waals surface area contributed by atoms with E-state index in [9.17, 15) is 57.5 Å². The first-order valence-corrected chi connectivity index (χ1v) is 12.6. The number of carbonyl (C=O) groups is 2. The van der Waals surface area contributed by atoms with Crippen molar-refractivity contribution in [2.45, 2.75) is 37.4 Å². The molecule has 18 heteroatoms. The molecule has 0 atom stereocenters. The molecule has 1 aliphatic rings. The summed E-state index contributed by atoms with van der Waals surface area (Å²) in [5.74, 6) is -2.77. The Morgan fingerprint density at radius 1 is 0.800 bits per heavy atom. The van der Waals surface area contributed by atoms with Gasteiger partial charge in [-0.1, -0.05) is 0 Å². The van der Waals surface area contributed by atoms with Crippen LogP contribution in [-0.2, 0) is 28.7 Å². The van der Waals surface area contributed by atoms with Crippen molar-refractivity contribution in [2.24, 2.45) is 5.73 Å². The van der Waals surface area contributed by atoms with Gasteiger partial charge in [-0.3, -0.25) is 9.59 Å². The quantitative estimate of drug-likeness (QED) is 0.428. The molecule has 0 aliphatic carbocycles. The monoisotopic (exact) mass is 606 g/mol. The zero-order valence-corrected chi connectivity index (χ0v) is 20.7. The lowest BCUT2D eigenvalue weighted by Gasteiger charge is -2.34. The van der Waals surface area contributed by atoms with Crippen molar-refractivity contribution in [1.82, 2.24) is 9.44 Å². The van der Waals surface area contributed by atoms with Crippen molar-refractivity contribution in [1.29, 1.82) is 0 Å². The van der Waals surface area contributed by atoms with Crippen LogP contribution in [0.2, 0.25) is 0 Å². The van der Waals surface area contributed by atoms with Gasteiger partial charge in [0, 0.05) is 24.7 Å². The molecule has 1 fully saturated rings. The van der Waals surface area contributed by atoms with Gasteiger partial charge in [0.2, 0.25) is 0 Å². The standard InChI is InChI=1S/C22H19F9N4O4S/c23-20(24,25)12-1-2-16(18(32)36)17(10-12)35-5-3-15(4-6-35)33-40(38,39)34-19(37)11-7-13(21(26,27)28)9-14(8-11)22(29,30)31/h1-2,7-10,15,33H,3-6H2,(H2,32,36)(H,34,37). The molecule has 8 nitrogen and oxygen atoms in total. The van der Waals surface area contributed by atoms with Gasteiger partial charge in [-0.15, -0.1) is 0 Å². The minimum atomic E-state index is -5.27. The van der Waals surface area contributed by atoms with Gasteiger partial charge in [0.25, 0.3) is 11.8 Å². The van der Waals surface area contributed by atoms with Crippen LogP contribution in [-0.4, -0.2) is 39.4 Å². The average molecular weight is 606 g/mol. The normalized spacial score (nSPS) is 15.7. The number of anilines is 1. The molecule has 2 amide bonds. The van der Waals surface area contributed by atoms with Crippen LogP contribution in [0, 0.1) is 0 Å². The third-order valence-corrected chi connectivity index (χ3v) is 6.92. The van der Waals surface area contributed by atoms with Crippen molar-refractivity contribution in [3.8, 4) is 0 Å². The van der Waals surface area contributed by atoms with Crippen molar-refractivity contribution in [2.75, 3.05) is 18.0 Å². The van der Waals surface area contributed by atoms with E-state index in [1.807, 2.05) is 4.72 Å². The third kappa shape index (κ3) is 7.56. The molecule has 4 N–H and O–H groups in total. The van der Waals surface area contributed by atoms with Crippen LogP contribution >= 0.6 is 0 Å². The third-order valence-electron chi connectivity index (χ3n) is 5.82. The van der Waals surface area contributed by atoms with Gasteiger partial charge in [-0.2, -0.15) is 52.7 Å². The maximum atomic E-state index is 13.1. The van der Waals surface area contributed by atoms with E-state index in [1.165, 1.54) is 9.62 Å². The van der Waals surface area contributed by atoms with Gasteiger partial charge < -0.3 is 10.6 Å². The number of carbonyl (C=O) groups excluding carboxylic acids is 2. The van der Waals surface area contributed by atoms with Crippen LogP contribution in [0.1, 0.15) is 50.2 Å². The average Bonchev–Trinajstić information content (AvgIpc) is 2.81. The first-order chi connectivity index (χ1) is 18.2. The second-order valence-corrected chi connectivity index (χ2v) is 10.1. The maximum Gasteiger partial charge on any atom is 0.416 e. The van der Waals surface area contributed by atoms with Crippen LogP contribution in [0.25, 0.3) is 0 Å². The fourth-order valence-corrected chi connectivity index (χ4v) is 5.03. The van der Waals surface area contributed by atoms with Crippen LogP contribution in [0.4, 0.5) is 45.2 Å². The Balaban J connectivity index is 1.73. The Bertz CT molecular complexity index is 1370. The molecule has 1 aliphatic heterocycles. The number of hydrogen-bond donors (Lipinski definition) is 3. The van der Waals surface area contributed by atoms with Gasteiger partial charge >= 0.3 is 28.7 Å². The lowest BCUT2D eigenvalue weighted by molar-refractivity contribution is -0.143. The summed E-state index contributed by atoms with van der Waals surface area (Å²) in [7, 11) is -4.81. The Morgan fingerprint density at radius 2 is 1.30 bits per heavy atom. The number of amides is 2. The number of hydrogen-bond acceptors (Lipinski definition) is 5. The lowest BCUT2D eigenvalue weighted by atomic mass is 10.0. The summed E-state index contributed by atoms with van der Waals surface area (Å²) in [5, 5.41) is 0. The van der Waals surface area contributed by atoms with Gasteiger partial charge in [0.05, 0.1) is 27.9 Å². The number of rotatable bonds is 6. The molecular weight excluding hydrogens is 587 g/mol. The second kappa shape index (κ2) is 10.8. The molecule has 2 aromatic carbocycles. The van der Waals surface area contributed by atoms with E-state index in [2.05, 4.69) is 0 Å². The first-order valence-electron chi connectivity index (χ1n) is 11.1. The first kappa shape index (κ1) is 31.0. The second-order valence-electron chi connectivity index (χ2n) is 8.70. The maximum absolute atomic E-state index is 13.1. The lowest BCUT2D eigenvalue weighted by Crippen LogP contribution is -2.49. The number of primary amides is 1. The Labute approximate surface area is 220 Å². The van der Waals surface area contributed by atoms with Crippen molar-refractivity contribution in [3.05, 3.63) is 64.2 Å². The predicted octanol–water partition coefficient (Wildman–Crippen LogP) is 4.08. The summed E-state index contributed by atoms with van der Waals surface area (Å²) in [6.45, 7) is -0.156. The number of nitrogens with two attached hydrogens (primary N) is 1.